The number of cyclic esters (lactones) is 1. The van der Waals surface area contributed by atoms with Gasteiger partial charge in [0.05, 0.1) is 11.9 Å². The van der Waals surface area contributed by atoms with Gasteiger partial charge in [0.1, 0.15) is 6.61 Å². The number of primary amides is 1. The van der Waals surface area contributed by atoms with E-state index >= 15 is 0 Å². The van der Waals surface area contributed by atoms with Crippen LogP contribution in [0.1, 0.15) is 15.9 Å². The number of carbonyl (C=O) groups is 2. The van der Waals surface area contributed by atoms with Crippen molar-refractivity contribution in [1.29, 1.82) is 0 Å². The molecule has 0 bridgehead atoms. The lowest BCUT2D eigenvalue weighted by molar-refractivity contribution is 0.1000. The van der Waals surface area contributed by atoms with Crippen molar-refractivity contribution in [2.45, 2.75) is 6.92 Å². The minimum Gasteiger partial charge on any atom is -0.443 e. The standard InChI is InChI=1S/C22H19N5O3/c1-13-2-3-15(20(23)28)9-19(13)14-4-5-18-16(8-14)10-24-25-21(18)26-6-7-27-17(11-26)12-30-22(27)29/h2-5,8-11H,6-7,12H2,1H3,(H2,23,28). The molecule has 5 rings (SSSR count). The Kier molecular flexibility index (Phi) is 4.13. The number of hydrogen-bond acceptors (Lipinski definition) is 6. The summed E-state index contributed by atoms with van der Waals surface area (Å²) in [6.07, 6.45) is 3.32. The Labute approximate surface area is 172 Å². The van der Waals surface area contributed by atoms with E-state index in [0.29, 0.717) is 18.7 Å². The van der Waals surface area contributed by atoms with E-state index in [-0.39, 0.29) is 12.7 Å². The highest BCUT2D eigenvalue weighted by Crippen LogP contribution is 2.32. The number of hydrogen-bond donors (Lipinski definition) is 1. The summed E-state index contributed by atoms with van der Waals surface area (Å²) in [4.78, 5) is 26.9. The lowest BCUT2D eigenvalue weighted by Gasteiger charge is -2.29. The first-order chi connectivity index (χ1) is 14.5. The molecule has 3 heterocycles. The first-order valence-electron chi connectivity index (χ1n) is 9.59. The molecule has 2 aromatic carbocycles. The van der Waals surface area contributed by atoms with Gasteiger partial charge in [0.25, 0.3) is 0 Å². The van der Waals surface area contributed by atoms with Crippen molar-refractivity contribution in [3.63, 3.8) is 0 Å². The third kappa shape index (κ3) is 2.93. The number of rotatable bonds is 3. The van der Waals surface area contributed by atoms with Gasteiger partial charge in [-0.05, 0) is 47.9 Å². The number of fused-ring (bicyclic) bond motifs is 2. The van der Waals surface area contributed by atoms with E-state index < -0.39 is 5.91 Å². The van der Waals surface area contributed by atoms with Crippen molar-refractivity contribution in [3.8, 4) is 11.1 Å². The van der Waals surface area contributed by atoms with Gasteiger partial charge >= 0.3 is 6.09 Å². The van der Waals surface area contributed by atoms with Crippen LogP contribution < -0.4 is 10.6 Å². The molecule has 3 aromatic rings. The number of nitrogens with zero attached hydrogens (tertiary/aromatic N) is 4. The van der Waals surface area contributed by atoms with Gasteiger partial charge in [0.15, 0.2) is 5.82 Å². The number of aromatic nitrogens is 2. The van der Waals surface area contributed by atoms with Crippen LogP contribution in [0.4, 0.5) is 10.6 Å². The number of carbonyl (C=O) groups excluding carboxylic acids is 2. The summed E-state index contributed by atoms with van der Waals surface area (Å²) in [5, 5.41) is 10.4. The number of amides is 2. The van der Waals surface area contributed by atoms with Gasteiger partial charge in [0.2, 0.25) is 5.91 Å². The molecule has 0 radical (unpaired) electrons. The van der Waals surface area contributed by atoms with Crippen LogP contribution >= 0.6 is 0 Å². The summed E-state index contributed by atoms with van der Waals surface area (Å²) >= 11 is 0. The maximum Gasteiger partial charge on any atom is 0.414 e. The highest BCUT2D eigenvalue weighted by atomic mass is 16.6. The molecule has 1 saturated heterocycles. The fourth-order valence-electron chi connectivity index (χ4n) is 3.91. The van der Waals surface area contributed by atoms with Crippen molar-refractivity contribution in [1.82, 2.24) is 15.1 Å². The molecule has 2 aliphatic rings. The van der Waals surface area contributed by atoms with Crippen LogP contribution in [0.25, 0.3) is 21.9 Å². The molecule has 0 spiro atoms. The molecule has 8 nitrogen and oxygen atoms in total. The van der Waals surface area contributed by atoms with Crippen LogP contribution in [0.2, 0.25) is 0 Å². The summed E-state index contributed by atoms with van der Waals surface area (Å²) in [6.45, 7) is 3.41. The number of anilines is 1. The number of benzene rings is 2. The number of ether oxygens (including phenoxy) is 1. The molecule has 0 unspecified atom stereocenters. The highest BCUT2D eigenvalue weighted by Gasteiger charge is 2.32. The molecule has 1 aromatic heterocycles. The first-order valence-corrected chi connectivity index (χ1v) is 9.59. The summed E-state index contributed by atoms with van der Waals surface area (Å²) in [5.74, 6) is 0.278. The molecule has 2 N–H and O–H groups in total. The van der Waals surface area contributed by atoms with Crippen LogP contribution in [0.15, 0.2) is 54.5 Å². The van der Waals surface area contributed by atoms with Crippen LogP contribution in [-0.2, 0) is 4.74 Å². The summed E-state index contributed by atoms with van der Waals surface area (Å²) in [5.41, 5.74) is 9.71. The molecule has 1 fully saturated rings. The van der Waals surface area contributed by atoms with Crippen molar-refractivity contribution in [3.05, 3.63) is 65.6 Å². The van der Waals surface area contributed by atoms with Crippen molar-refractivity contribution in [2.24, 2.45) is 5.73 Å². The lowest BCUT2D eigenvalue weighted by Crippen LogP contribution is -2.38. The van der Waals surface area contributed by atoms with E-state index in [4.69, 9.17) is 10.5 Å². The number of nitrogens with two attached hydrogens (primary N) is 1. The fourth-order valence-corrected chi connectivity index (χ4v) is 3.91. The monoisotopic (exact) mass is 401 g/mol. The summed E-state index contributed by atoms with van der Waals surface area (Å²) in [6, 6.07) is 11.5. The summed E-state index contributed by atoms with van der Waals surface area (Å²) in [7, 11) is 0. The first kappa shape index (κ1) is 18.1. The van der Waals surface area contributed by atoms with Gasteiger partial charge in [-0.1, -0.05) is 12.1 Å². The normalized spacial score (nSPS) is 15.8. The number of aryl methyl sites for hydroxylation is 1. The SMILES string of the molecule is Cc1ccc(C(N)=O)cc1-c1ccc2c(N3C=C4COC(=O)N4CC3)nncc2c1. The minimum atomic E-state index is -0.452. The van der Waals surface area contributed by atoms with E-state index in [1.165, 1.54) is 0 Å². The van der Waals surface area contributed by atoms with E-state index in [2.05, 4.69) is 10.2 Å². The van der Waals surface area contributed by atoms with Crippen LogP contribution in [0.5, 0.6) is 0 Å². The molecule has 30 heavy (non-hydrogen) atoms. The molecule has 8 heteroatoms. The predicted octanol–water partition coefficient (Wildman–Crippen LogP) is 2.82. The van der Waals surface area contributed by atoms with E-state index in [1.54, 1.807) is 17.2 Å². The molecular formula is C22H19N5O3. The largest absolute Gasteiger partial charge is 0.443 e. The Morgan fingerprint density at radius 2 is 2.03 bits per heavy atom. The minimum absolute atomic E-state index is 0.271. The maximum absolute atomic E-state index is 11.7. The zero-order valence-corrected chi connectivity index (χ0v) is 16.3. The Morgan fingerprint density at radius 1 is 1.17 bits per heavy atom. The smallest absolute Gasteiger partial charge is 0.414 e. The zero-order chi connectivity index (χ0) is 20.8. The maximum atomic E-state index is 11.7. The van der Waals surface area contributed by atoms with Crippen LogP contribution in [0, 0.1) is 6.92 Å². The molecule has 0 aliphatic carbocycles. The predicted molar refractivity (Wildman–Crippen MR) is 112 cm³/mol. The molecular weight excluding hydrogens is 382 g/mol. The van der Waals surface area contributed by atoms with Crippen LogP contribution in [0.3, 0.4) is 0 Å². The summed E-state index contributed by atoms with van der Waals surface area (Å²) < 4.78 is 5.10. The average Bonchev–Trinajstić information content (AvgIpc) is 3.13. The fraction of sp³-hybridized carbons (Fsp3) is 0.182. The Balaban J connectivity index is 1.56. The van der Waals surface area contributed by atoms with Gasteiger partial charge < -0.3 is 15.4 Å². The second-order valence-corrected chi connectivity index (χ2v) is 7.38. The Hall–Kier alpha value is -3.94. The second-order valence-electron chi connectivity index (χ2n) is 7.38. The Bertz CT molecular complexity index is 1240. The molecule has 2 amide bonds. The third-order valence-corrected chi connectivity index (χ3v) is 5.53. The van der Waals surface area contributed by atoms with Crippen molar-refractivity contribution in [2.75, 3.05) is 24.6 Å². The molecule has 0 saturated carbocycles. The lowest BCUT2D eigenvalue weighted by atomic mass is 9.96. The van der Waals surface area contributed by atoms with Gasteiger partial charge in [-0.25, -0.2) is 4.79 Å². The second kappa shape index (κ2) is 6.84. The van der Waals surface area contributed by atoms with E-state index in [0.717, 1.165) is 39.0 Å². The van der Waals surface area contributed by atoms with E-state index in [1.807, 2.05) is 48.4 Å². The topological polar surface area (TPSA) is 102 Å². The molecule has 0 atom stereocenters. The average molecular weight is 401 g/mol. The van der Waals surface area contributed by atoms with Gasteiger partial charge in [-0.2, -0.15) is 5.10 Å². The molecule has 2 aliphatic heterocycles. The van der Waals surface area contributed by atoms with Gasteiger partial charge in [-0.15, -0.1) is 5.10 Å². The van der Waals surface area contributed by atoms with Gasteiger partial charge in [-0.3, -0.25) is 9.69 Å². The Morgan fingerprint density at radius 3 is 2.87 bits per heavy atom. The third-order valence-electron chi connectivity index (χ3n) is 5.53. The molecule has 150 valence electrons. The quantitative estimate of drug-likeness (QED) is 0.724. The van der Waals surface area contributed by atoms with Crippen LogP contribution in [-0.4, -0.2) is 46.8 Å². The zero-order valence-electron chi connectivity index (χ0n) is 16.3. The highest BCUT2D eigenvalue weighted by molar-refractivity contribution is 5.97. The van der Waals surface area contributed by atoms with Crippen molar-refractivity contribution >= 4 is 28.6 Å². The van der Waals surface area contributed by atoms with Gasteiger partial charge in [0, 0.05) is 35.6 Å². The van der Waals surface area contributed by atoms with Crippen molar-refractivity contribution < 1.29 is 14.3 Å². The van der Waals surface area contributed by atoms with E-state index in [9.17, 15) is 9.59 Å².